The smallest absolute Gasteiger partial charge is 0.193 e. The molecule has 0 spiro atoms. The average Bonchev–Trinajstić information content (AvgIpc) is 2.40. The Morgan fingerprint density at radius 3 is 2.21 bits per heavy atom. The van der Waals surface area contributed by atoms with Crippen molar-refractivity contribution in [3.05, 3.63) is 11.6 Å². The molecule has 4 nitrogen and oxygen atoms in total. The molecule has 0 aromatic heterocycles. The molecule has 4 heteroatoms. The maximum atomic E-state index is 9.56. The summed E-state index contributed by atoms with van der Waals surface area (Å²) in [5.41, 5.74) is 0.685. The van der Waals surface area contributed by atoms with E-state index in [0.717, 1.165) is 0 Å². The first-order chi connectivity index (χ1) is 6.37. The van der Waals surface area contributed by atoms with Gasteiger partial charge in [0.15, 0.2) is 11.6 Å². The van der Waals surface area contributed by atoms with E-state index in [0.29, 0.717) is 5.57 Å². The van der Waals surface area contributed by atoms with Gasteiger partial charge in [0.05, 0.1) is 6.10 Å². The highest BCUT2D eigenvalue weighted by Crippen LogP contribution is 2.39. The Labute approximate surface area is 84.5 Å². The van der Waals surface area contributed by atoms with Gasteiger partial charge in [-0.3, -0.25) is 0 Å². The van der Waals surface area contributed by atoms with Crippen LogP contribution in [0.2, 0.25) is 0 Å². The Hall–Kier alpha value is -0.420. The molecule has 3 atom stereocenters. The molecule has 1 rings (SSSR count). The van der Waals surface area contributed by atoms with Gasteiger partial charge < -0.3 is 19.3 Å². The summed E-state index contributed by atoms with van der Waals surface area (Å²) in [4.78, 5) is 0. The standard InChI is InChI=1S/C10H18O4/c1-7(11)8-6-9(2,12-4)14-10(8,3)13-5/h6-7,11H,1-5H3. The maximum Gasteiger partial charge on any atom is 0.193 e. The van der Waals surface area contributed by atoms with Gasteiger partial charge in [0.2, 0.25) is 0 Å². The molecular formula is C10H18O4. The van der Waals surface area contributed by atoms with Crippen molar-refractivity contribution < 1.29 is 19.3 Å². The van der Waals surface area contributed by atoms with Gasteiger partial charge in [0.25, 0.3) is 0 Å². The summed E-state index contributed by atoms with van der Waals surface area (Å²) in [5.74, 6) is -1.73. The topological polar surface area (TPSA) is 47.9 Å². The number of aliphatic hydroxyl groups is 1. The summed E-state index contributed by atoms with van der Waals surface area (Å²) in [6.45, 7) is 5.21. The maximum absolute atomic E-state index is 9.56. The van der Waals surface area contributed by atoms with Crippen molar-refractivity contribution in [1.29, 1.82) is 0 Å². The fourth-order valence-corrected chi connectivity index (χ4v) is 1.65. The van der Waals surface area contributed by atoms with Crippen molar-refractivity contribution in [1.82, 2.24) is 0 Å². The summed E-state index contributed by atoms with van der Waals surface area (Å²) >= 11 is 0. The van der Waals surface area contributed by atoms with Gasteiger partial charge in [-0.05, 0) is 26.8 Å². The monoisotopic (exact) mass is 202 g/mol. The molecule has 0 aromatic rings. The number of aliphatic hydroxyl groups excluding tert-OH is 1. The van der Waals surface area contributed by atoms with Crippen LogP contribution < -0.4 is 0 Å². The van der Waals surface area contributed by atoms with Gasteiger partial charge in [-0.2, -0.15) is 0 Å². The third-order valence-electron chi connectivity index (χ3n) is 2.58. The van der Waals surface area contributed by atoms with Crippen LogP contribution in [0.25, 0.3) is 0 Å². The van der Waals surface area contributed by atoms with E-state index in [4.69, 9.17) is 14.2 Å². The highest BCUT2D eigenvalue weighted by atomic mass is 16.8. The van der Waals surface area contributed by atoms with Gasteiger partial charge in [-0.15, -0.1) is 0 Å². The van der Waals surface area contributed by atoms with Crippen LogP contribution in [0, 0.1) is 0 Å². The fourth-order valence-electron chi connectivity index (χ4n) is 1.65. The zero-order valence-electron chi connectivity index (χ0n) is 9.33. The molecule has 0 fully saturated rings. The van der Waals surface area contributed by atoms with Crippen LogP contribution in [0.1, 0.15) is 20.8 Å². The number of hydrogen-bond donors (Lipinski definition) is 1. The van der Waals surface area contributed by atoms with E-state index < -0.39 is 17.7 Å². The molecule has 1 aliphatic heterocycles. The van der Waals surface area contributed by atoms with Crippen LogP contribution in [0.4, 0.5) is 0 Å². The van der Waals surface area contributed by atoms with Crippen LogP contribution in [-0.2, 0) is 14.2 Å². The predicted octanol–water partition coefficient (Wildman–Crippen LogP) is 1.05. The minimum absolute atomic E-state index is 0.614. The molecular weight excluding hydrogens is 184 g/mol. The molecule has 1 aliphatic rings. The Balaban J connectivity index is 3.01. The minimum atomic E-state index is -0.904. The van der Waals surface area contributed by atoms with Gasteiger partial charge in [-0.25, -0.2) is 0 Å². The lowest BCUT2D eigenvalue weighted by Gasteiger charge is -2.30. The van der Waals surface area contributed by atoms with Crippen molar-refractivity contribution in [2.24, 2.45) is 0 Å². The van der Waals surface area contributed by atoms with E-state index in [2.05, 4.69) is 0 Å². The highest BCUT2D eigenvalue weighted by molar-refractivity contribution is 5.24. The van der Waals surface area contributed by atoms with Crippen molar-refractivity contribution >= 4 is 0 Å². The van der Waals surface area contributed by atoms with Crippen LogP contribution in [0.5, 0.6) is 0 Å². The predicted molar refractivity (Wildman–Crippen MR) is 51.7 cm³/mol. The van der Waals surface area contributed by atoms with Crippen molar-refractivity contribution in [2.75, 3.05) is 14.2 Å². The van der Waals surface area contributed by atoms with E-state index in [-0.39, 0.29) is 0 Å². The molecule has 1 heterocycles. The van der Waals surface area contributed by atoms with Gasteiger partial charge in [0.1, 0.15) is 0 Å². The summed E-state index contributed by atoms with van der Waals surface area (Å²) < 4.78 is 16.0. The number of methoxy groups -OCH3 is 2. The summed E-state index contributed by atoms with van der Waals surface area (Å²) in [6.07, 6.45) is 1.14. The molecule has 0 saturated carbocycles. The Kier molecular flexibility index (Phi) is 3.02. The van der Waals surface area contributed by atoms with Crippen LogP contribution >= 0.6 is 0 Å². The van der Waals surface area contributed by atoms with Crippen molar-refractivity contribution in [3.63, 3.8) is 0 Å². The van der Waals surface area contributed by atoms with Gasteiger partial charge >= 0.3 is 0 Å². The molecule has 0 bridgehead atoms. The van der Waals surface area contributed by atoms with Crippen LogP contribution in [0.3, 0.4) is 0 Å². The van der Waals surface area contributed by atoms with Crippen LogP contribution in [0.15, 0.2) is 11.6 Å². The first-order valence-electron chi connectivity index (χ1n) is 4.58. The first kappa shape index (κ1) is 11.7. The number of rotatable bonds is 3. The molecule has 3 unspecified atom stereocenters. The van der Waals surface area contributed by atoms with Gasteiger partial charge in [-0.1, -0.05) is 0 Å². The van der Waals surface area contributed by atoms with E-state index in [9.17, 15) is 5.11 Å². The minimum Gasteiger partial charge on any atom is -0.389 e. The Morgan fingerprint density at radius 1 is 1.36 bits per heavy atom. The van der Waals surface area contributed by atoms with Gasteiger partial charge in [0, 0.05) is 19.8 Å². The fraction of sp³-hybridized carbons (Fsp3) is 0.800. The molecule has 0 radical (unpaired) electrons. The number of ether oxygens (including phenoxy) is 3. The lowest BCUT2D eigenvalue weighted by molar-refractivity contribution is -0.284. The molecule has 0 amide bonds. The summed E-state index contributed by atoms with van der Waals surface area (Å²) in [7, 11) is 3.09. The molecule has 82 valence electrons. The van der Waals surface area contributed by atoms with Crippen molar-refractivity contribution in [3.8, 4) is 0 Å². The SMILES string of the molecule is COC1(C)C=C(C(C)O)C(C)(OC)O1. The van der Waals surface area contributed by atoms with E-state index >= 15 is 0 Å². The number of hydrogen-bond acceptors (Lipinski definition) is 4. The van der Waals surface area contributed by atoms with E-state index in [1.807, 2.05) is 0 Å². The molecule has 0 aliphatic carbocycles. The lowest BCUT2D eigenvalue weighted by atomic mass is 10.0. The van der Waals surface area contributed by atoms with Crippen molar-refractivity contribution in [2.45, 2.75) is 38.4 Å². The second-order valence-corrected chi connectivity index (χ2v) is 3.75. The van der Waals surface area contributed by atoms with E-state index in [1.165, 1.54) is 7.11 Å². The third-order valence-corrected chi connectivity index (χ3v) is 2.58. The second kappa shape index (κ2) is 3.62. The normalized spacial score (nSPS) is 39.7. The first-order valence-corrected chi connectivity index (χ1v) is 4.58. The Bertz CT molecular complexity index is 249. The second-order valence-electron chi connectivity index (χ2n) is 3.75. The lowest BCUT2D eigenvalue weighted by Crippen LogP contribution is -2.38. The average molecular weight is 202 g/mol. The zero-order valence-corrected chi connectivity index (χ0v) is 9.33. The summed E-state index contributed by atoms with van der Waals surface area (Å²) in [5, 5.41) is 9.56. The molecule has 14 heavy (non-hydrogen) atoms. The van der Waals surface area contributed by atoms with E-state index in [1.54, 1.807) is 34.0 Å². The molecule has 1 N–H and O–H groups in total. The van der Waals surface area contributed by atoms with Crippen LogP contribution in [-0.4, -0.2) is 37.0 Å². The summed E-state index contributed by atoms with van der Waals surface area (Å²) in [6, 6.07) is 0. The largest absolute Gasteiger partial charge is 0.389 e. The quantitative estimate of drug-likeness (QED) is 0.695. The molecule has 0 saturated heterocycles. The zero-order chi connectivity index (χ0) is 11.0. The highest BCUT2D eigenvalue weighted by Gasteiger charge is 2.46. The third kappa shape index (κ3) is 1.83. The molecule has 0 aromatic carbocycles. The Morgan fingerprint density at radius 2 is 1.93 bits per heavy atom.